The highest BCUT2D eigenvalue weighted by molar-refractivity contribution is 5.33. The molecule has 1 aromatic carbocycles. The molecule has 4 nitrogen and oxygen atoms in total. The Labute approximate surface area is 127 Å². The lowest BCUT2D eigenvalue weighted by molar-refractivity contribution is -0.0699. The normalized spacial score (nSPS) is 23.2. The Morgan fingerprint density at radius 1 is 1.29 bits per heavy atom. The van der Waals surface area contributed by atoms with Gasteiger partial charge >= 0.3 is 0 Å². The van der Waals surface area contributed by atoms with Crippen molar-refractivity contribution < 1.29 is 14.6 Å². The summed E-state index contributed by atoms with van der Waals surface area (Å²) >= 11 is 0. The zero-order valence-electron chi connectivity index (χ0n) is 13.5. The predicted molar refractivity (Wildman–Crippen MR) is 83.5 cm³/mol. The maximum atomic E-state index is 8.89. The van der Waals surface area contributed by atoms with Crippen LogP contribution in [0.4, 0.5) is 0 Å². The van der Waals surface area contributed by atoms with Crippen LogP contribution in [0.15, 0.2) is 24.3 Å². The van der Waals surface area contributed by atoms with Gasteiger partial charge in [-0.25, -0.2) is 0 Å². The van der Waals surface area contributed by atoms with E-state index in [0.29, 0.717) is 12.6 Å². The highest BCUT2D eigenvalue weighted by atomic mass is 16.5. The van der Waals surface area contributed by atoms with E-state index in [1.807, 2.05) is 24.3 Å². The van der Waals surface area contributed by atoms with Crippen LogP contribution in [-0.2, 0) is 11.3 Å². The molecule has 0 radical (unpaired) electrons. The van der Waals surface area contributed by atoms with Gasteiger partial charge in [0.1, 0.15) is 12.4 Å². The maximum absolute atomic E-state index is 8.89. The molecule has 1 aliphatic heterocycles. The molecule has 0 aromatic heterocycles. The number of benzene rings is 1. The third-order valence-electron chi connectivity index (χ3n) is 3.93. The molecule has 1 atom stereocenters. The average Bonchev–Trinajstić information content (AvgIpc) is 2.62. The quantitative estimate of drug-likeness (QED) is 0.846. The van der Waals surface area contributed by atoms with Gasteiger partial charge < -0.3 is 19.9 Å². The van der Waals surface area contributed by atoms with Gasteiger partial charge in [-0.05, 0) is 40.2 Å². The summed E-state index contributed by atoms with van der Waals surface area (Å²) in [7, 11) is 0. The first kappa shape index (κ1) is 16.3. The highest BCUT2D eigenvalue weighted by Crippen LogP contribution is 2.37. The number of aliphatic hydroxyl groups excluding tert-OH is 1. The molecule has 21 heavy (non-hydrogen) atoms. The van der Waals surface area contributed by atoms with Gasteiger partial charge in [-0.3, -0.25) is 0 Å². The van der Waals surface area contributed by atoms with E-state index >= 15 is 0 Å². The number of ether oxygens (including phenoxy) is 2. The molecule has 4 heteroatoms. The topological polar surface area (TPSA) is 50.7 Å². The molecule has 0 saturated carbocycles. The fourth-order valence-corrected chi connectivity index (χ4v) is 3.06. The van der Waals surface area contributed by atoms with Crippen molar-refractivity contribution in [3.8, 4) is 5.75 Å². The van der Waals surface area contributed by atoms with Crippen LogP contribution in [0.3, 0.4) is 0 Å². The first-order valence-electron chi connectivity index (χ1n) is 7.59. The van der Waals surface area contributed by atoms with Gasteiger partial charge in [0.25, 0.3) is 0 Å². The fraction of sp³-hybridized carbons (Fsp3) is 0.647. The number of nitrogens with one attached hydrogen (secondary N) is 1. The van der Waals surface area contributed by atoms with Crippen molar-refractivity contribution in [1.82, 2.24) is 5.32 Å². The molecule has 1 aliphatic rings. The van der Waals surface area contributed by atoms with Gasteiger partial charge in [-0.15, -0.1) is 0 Å². The molecule has 1 aromatic rings. The summed E-state index contributed by atoms with van der Waals surface area (Å²) in [6.07, 6.45) is 0.986. The minimum atomic E-state index is -0.176. The molecule has 0 spiro atoms. The van der Waals surface area contributed by atoms with Crippen molar-refractivity contribution in [2.24, 2.45) is 0 Å². The van der Waals surface area contributed by atoms with Gasteiger partial charge in [0.15, 0.2) is 0 Å². The Morgan fingerprint density at radius 2 is 2.00 bits per heavy atom. The second kappa shape index (κ2) is 6.34. The van der Waals surface area contributed by atoms with Crippen LogP contribution >= 0.6 is 0 Å². The number of para-hydroxylation sites is 1. The van der Waals surface area contributed by atoms with Crippen LogP contribution in [-0.4, -0.2) is 35.6 Å². The van der Waals surface area contributed by atoms with E-state index in [2.05, 4.69) is 33.0 Å². The van der Waals surface area contributed by atoms with E-state index in [0.717, 1.165) is 24.3 Å². The third kappa shape index (κ3) is 4.19. The highest BCUT2D eigenvalue weighted by Gasteiger charge is 2.45. The molecule has 1 saturated heterocycles. The SMILES string of the molecule is CC1(C)C[C@H](NCc2ccccc2OCCO)C(C)(C)O1. The molecule has 118 valence electrons. The van der Waals surface area contributed by atoms with E-state index in [1.54, 1.807) is 0 Å². The second-order valence-electron chi connectivity index (χ2n) is 6.78. The lowest BCUT2D eigenvalue weighted by atomic mass is 9.94. The van der Waals surface area contributed by atoms with Crippen LogP contribution in [0.2, 0.25) is 0 Å². The summed E-state index contributed by atoms with van der Waals surface area (Å²) in [5, 5.41) is 12.5. The summed E-state index contributed by atoms with van der Waals surface area (Å²) in [6, 6.07) is 8.24. The zero-order chi connectivity index (χ0) is 15.5. The van der Waals surface area contributed by atoms with Gasteiger partial charge in [0.05, 0.1) is 17.8 Å². The largest absolute Gasteiger partial charge is 0.491 e. The minimum absolute atomic E-state index is 0.0272. The lowest BCUT2D eigenvalue weighted by Gasteiger charge is -2.28. The summed E-state index contributed by atoms with van der Waals surface area (Å²) in [5.74, 6) is 0.829. The van der Waals surface area contributed by atoms with Crippen molar-refractivity contribution in [2.75, 3.05) is 13.2 Å². The van der Waals surface area contributed by atoms with Crippen LogP contribution in [0, 0.1) is 0 Å². The Kier molecular flexibility index (Phi) is 4.91. The molecule has 1 heterocycles. The van der Waals surface area contributed by atoms with Gasteiger partial charge in [0.2, 0.25) is 0 Å². The van der Waals surface area contributed by atoms with Crippen LogP contribution in [0.1, 0.15) is 39.7 Å². The van der Waals surface area contributed by atoms with E-state index in [1.165, 1.54) is 0 Å². The van der Waals surface area contributed by atoms with E-state index < -0.39 is 0 Å². The Bertz CT molecular complexity index is 471. The molecule has 2 rings (SSSR count). The molecule has 0 bridgehead atoms. The first-order valence-corrected chi connectivity index (χ1v) is 7.59. The van der Waals surface area contributed by atoms with Crippen LogP contribution in [0.5, 0.6) is 5.75 Å². The van der Waals surface area contributed by atoms with Crippen molar-refractivity contribution in [3.05, 3.63) is 29.8 Å². The number of rotatable bonds is 6. The molecule has 0 amide bonds. The summed E-state index contributed by atoms with van der Waals surface area (Å²) in [4.78, 5) is 0. The summed E-state index contributed by atoms with van der Waals surface area (Å²) in [5.41, 5.74) is 0.838. The van der Waals surface area contributed by atoms with Crippen molar-refractivity contribution in [3.63, 3.8) is 0 Å². The summed E-state index contributed by atoms with van der Waals surface area (Å²) < 4.78 is 11.7. The predicted octanol–water partition coefficient (Wildman–Crippen LogP) is 2.49. The van der Waals surface area contributed by atoms with Crippen molar-refractivity contribution >= 4 is 0 Å². The lowest BCUT2D eigenvalue weighted by Crippen LogP contribution is -2.43. The molecule has 2 N–H and O–H groups in total. The van der Waals surface area contributed by atoms with E-state index in [4.69, 9.17) is 14.6 Å². The van der Waals surface area contributed by atoms with Crippen LogP contribution in [0.25, 0.3) is 0 Å². The fourth-order valence-electron chi connectivity index (χ4n) is 3.06. The summed E-state index contributed by atoms with van der Waals surface area (Å²) in [6.45, 7) is 9.61. The average molecular weight is 293 g/mol. The second-order valence-corrected chi connectivity index (χ2v) is 6.78. The van der Waals surface area contributed by atoms with E-state index in [-0.39, 0.29) is 17.8 Å². The molecule has 0 aliphatic carbocycles. The Morgan fingerprint density at radius 3 is 2.62 bits per heavy atom. The van der Waals surface area contributed by atoms with Crippen LogP contribution < -0.4 is 10.1 Å². The molecular weight excluding hydrogens is 266 g/mol. The smallest absolute Gasteiger partial charge is 0.123 e. The van der Waals surface area contributed by atoms with Gasteiger partial charge in [0, 0.05) is 18.2 Å². The number of aliphatic hydroxyl groups is 1. The molecular formula is C17H27NO3. The first-order chi connectivity index (χ1) is 9.84. The van der Waals surface area contributed by atoms with Crippen molar-refractivity contribution in [1.29, 1.82) is 0 Å². The van der Waals surface area contributed by atoms with Gasteiger partial charge in [-0.1, -0.05) is 18.2 Å². The standard InChI is InChI=1S/C17H27NO3/c1-16(2)11-15(17(3,4)21-16)18-12-13-7-5-6-8-14(13)20-10-9-19/h5-8,15,18-19H,9-12H2,1-4H3/t15-/m0/s1. The number of hydrogen-bond donors (Lipinski definition) is 2. The van der Waals surface area contributed by atoms with Crippen molar-refractivity contribution in [2.45, 2.75) is 57.9 Å². The minimum Gasteiger partial charge on any atom is -0.491 e. The Balaban J connectivity index is 2.00. The third-order valence-corrected chi connectivity index (χ3v) is 3.93. The molecule has 0 unspecified atom stereocenters. The van der Waals surface area contributed by atoms with Gasteiger partial charge in [-0.2, -0.15) is 0 Å². The number of hydrogen-bond acceptors (Lipinski definition) is 4. The Hall–Kier alpha value is -1.10. The zero-order valence-corrected chi connectivity index (χ0v) is 13.5. The van der Waals surface area contributed by atoms with E-state index in [9.17, 15) is 0 Å². The maximum Gasteiger partial charge on any atom is 0.123 e. The monoisotopic (exact) mass is 293 g/mol. The molecule has 1 fully saturated rings.